The van der Waals surface area contributed by atoms with Crippen molar-refractivity contribution >= 4 is 0 Å². The van der Waals surface area contributed by atoms with Gasteiger partial charge in [0.05, 0.1) is 17.3 Å². The van der Waals surface area contributed by atoms with E-state index >= 15 is 0 Å². The van der Waals surface area contributed by atoms with Crippen LogP contribution in [0.3, 0.4) is 0 Å². The highest BCUT2D eigenvalue weighted by Gasteiger charge is 2.30. The first-order chi connectivity index (χ1) is 9.17. The van der Waals surface area contributed by atoms with Gasteiger partial charge >= 0.3 is 0 Å². The van der Waals surface area contributed by atoms with Crippen molar-refractivity contribution in [2.75, 3.05) is 0 Å². The zero-order chi connectivity index (χ0) is 13.4. The van der Waals surface area contributed by atoms with E-state index in [1.807, 2.05) is 26.0 Å². The second-order valence-electron chi connectivity index (χ2n) is 5.09. The van der Waals surface area contributed by atoms with E-state index in [0.29, 0.717) is 17.2 Å². The number of nitrogens with one attached hydrogen (secondary N) is 1. The predicted octanol–water partition coefficient (Wildman–Crippen LogP) is 3.57. The topological polar surface area (TPSA) is 61.7 Å². The molecule has 1 N–H and O–H groups in total. The van der Waals surface area contributed by atoms with Crippen molar-refractivity contribution < 1.29 is 4.74 Å². The van der Waals surface area contributed by atoms with Crippen LogP contribution < -0.4 is 4.74 Å². The highest BCUT2D eigenvalue weighted by Crippen LogP contribution is 2.45. The minimum absolute atomic E-state index is 0.528. The summed E-state index contributed by atoms with van der Waals surface area (Å²) in [6, 6.07) is 7.69. The summed E-state index contributed by atoms with van der Waals surface area (Å²) >= 11 is 0. The number of hydrogen-bond acceptors (Lipinski definition) is 3. The molecule has 4 heteroatoms. The molecule has 0 radical (unpaired) electrons. The maximum absolute atomic E-state index is 9.00. The van der Waals surface area contributed by atoms with Gasteiger partial charge in [-0.25, -0.2) is 0 Å². The van der Waals surface area contributed by atoms with Crippen molar-refractivity contribution in [2.24, 2.45) is 0 Å². The molecule has 0 bridgehead atoms. The molecule has 19 heavy (non-hydrogen) atoms. The van der Waals surface area contributed by atoms with Crippen LogP contribution in [0, 0.1) is 25.2 Å². The number of aromatic amines is 1. The smallest absolute Gasteiger partial charge is 0.171 e. The molecule has 0 aliphatic heterocycles. The van der Waals surface area contributed by atoms with Crippen molar-refractivity contribution in [3.05, 3.63) is 40.7 Å². The van der Waals surface area contributed by atoms with Gasteiger partial charge in [0.25, 0.3) is 0 Å². The molecule has 0 spiro atoms. The molecule has 1 aliphatic rings. The summed E-state index contributed by atoms with van der Waals surface area (Å²) in [4.78, 5) is 0. The molecule has 1 aromatic carbocycles. The average Bonchev–Trinajstić information content (AvgIpc) is 3.16. The number of H-pyrrole nitrogens is 1. The lowest BCUT2D eigenvalue weighted by atomic mass is 10.1. The highest BCUT2D eigenvalue weighted by atomic mass is 16.5. The van der Waals surface area contributed by atoms with E-state index in [1.54, 1.807) is 6.07 Å². The Morgan fingerprint density at radius 3 is 2.79 bits per heavy atom. The van der Waals surface area contributed by atoms with Crippen LogP contribution in [0.2, 0.25) is 0 Å². The second-order valence-corrected chi connectivity index (χ2v) is 5.09. The Balaban J connectivity index is 1.95. The van der Waals surface area contributed by atoms with Gasteiger partial charge in [0.15, 0.2) is 5.75 Å². The highest BCUT2D eigenvalue weighted by molar-refractivity contribution is 5.45. The summed E-state index contributed by atoms with van der Waals surface area (Å²) in [5.74, 6) is 2.04. The van der Waals surface area contributed by atoms with Crippen LogP contribution in [0.1, 0.15) is 41.3 Å². The van der Waals surface area contributed by atoms with Gasteiger partial charge in [-0.3, -0.25) is 5.10 Å². The SMILES string of the molecule is Cc1cc(C#N)cc(Oc2c(C3CC3)n[nH]c2C)c1. The molecule has 1 fully saturated rings. The molecule has 1 saturated carbocycles. The predicted molar refractivity (Wildman–Crippen MR) is 71.3 cm³/mol. The van der Waals surface area contributed by atoms with Gasteiger partial charge in [-0.15, -0.1) is 0 Å². The molecule has 0 unspecified atom stereocenters. The van der Waals surface area contributed by atoms with Crippen LogP contribution in [0.25, 0.3) is 0 Å². The van der Waals surface area contributed by atoms with Gasteiger partial charge in [0, 0.05) is 5.92 Å². The van der Waals surface area contributed by atoms with Crippen LogP contribution in [0.4, 0.5) is 0 Å². The number of aryl methyl sites for hydroxylation is 2. The maximum Gasteiger partial charge on any atom is 0.171 e. The van der Waals surface area contributed by atoms with Crippen molar-refractivity contribution in [3.8, 4) is 17.6 Å². The molecule has 1 aromatic heterocycles. The molecule has 0 atom stereocenters. The van der Waals surface area contributed by atoms with Gasteiger partial charge in [0.1, 0.15) is 11.4 Å². The molecule has 0 amide bonds. The minimum Gasteiger partial charge on any atom is -0.453 e. The Morgan fingerprint density at radius 1 is 1.32 bits per heavy atom. The third-order valence-corrected chi connectivity index (χ3v) is 3.28. The van der Waals surface area contributed by atoms with Crippen molar-refractivity contribution in [1.29, 1.82) is 5.26 Å². The summed E-state index contributed by atoms with van der Waals surface area (Å²) < 4.78 is 5.96. The van der Waals surface area contributed by atoms with Crippen LogP contribution in [-0.4, -0.2) is 10.2 Å². The van der Waals surface area contributed by atoms with E-state index in [1.165, 1.54) is 12.8 Å². The fraction of sp³-hybridized carbons (Fsp3) is 0.333. The summed E-state index contributed by atoms with van der Waals surface area (Å²) in [6.45, 7) is 3.91. The fourth-order valence-corrected chi connectivity index (χ4v) is 2.19. The summed E-state index contributed by atoms with van der Waals surface area (Å²) in [5, 5.41) is 16.3. The first kappa shape index (κ1) is 11.8. The van der Waals surface area contributed by atoms with E-state index in [9.17, 15) is 0 Å². The number of aromatic nitrogens is 2. The Morgan fingerprint density at radius 2 is 2.11 bits per heavy atom. The number of nitrogens with zero attached hydrogens (tertiary/aromatic N) is 2. The molecule has 4 nitrogen and oxygen atoms in total. The van der Waals surface area contributed by atoms with E-state index in [2.05, 4.69) is 16.3 Å². The Hall–Kier alpha value is -2.28. The summed E-state index contributed by atoms with van der Waals surface area (Å²) in [7, 11) is 0. The van der Waals surface area contributed by atoms with E-state index < -0.39 is 0 Å². The third-order valence-electron chi connectivity index (χ3n) is 3.28. The summed E-state index contributed by atoms with van der Waals surface area (Å²) in [5.41, 5.74) is 3.58. The van der Waals surface area contributed by atoms with Gasteiger partial charge in [-0.1, -0.05) is 0 Å². The van der Waals surface area contributed by atoms with Crippen LogP contribution in [0.15, 0.2) is 18.2 Å². The lowest BCUT2D eigenvalue weighted by Crippen LogP contribution is -1.91. The van der Waals surface area contributed by atoms with Crippen molar-refractivity contribution in [2.45, 2.75) is 32.6 Å². The molecule has 1 aliphatic carbocycles. The van der Waals surface area contributed by atoms with Crippen LogP contribution in [0.5, 0.6) is 11.5 Å². The molecular weight excluding hydrogens is 238 g/mol. The first-order valence-corrected chi connectivity index (χ1v) is 6.42. The summed E-state index contributed by atoms with van der Waals surface area (Å²) in [6.07, 6.45) is 2.36. The maximum atomic E-state index is 9.00. The van der Waals surface area contributed by atoms with Crippen molar-refractivity contribution in [3.63, 3.8) is 0 Å². The lowest BCUT2D eigenvalue weighted by molar-refractivity contribution is 0.472. The largest absolute Gasteiger partial charge is 0.453 e. The third kappa shape index (κ3) is 2.32. The van der Waals surface area contributed by atoms with Gasteiger partial charge in [-0.05, 0) is 50.5 Å². The Kier molecular flexibility index (Phi) is 2.75. The molecule has 2 aromatic rings. The molecule has 0 saturated heterocycles. The van der Waals surface area contributed by atoms with Gasteiger partial charge < -0.3 is 4.74 Å². The molecule has 96 valence electrons. The zero-order valence-corrected chi connectivity index (χ0v) is 11.0. The number of hydrogen-bond donors (Lipinski definition) is 1. The fourth-order valence-electron chi connectivity index (χ4n) is 2.19. The van der Waals surface area contributed by atoms with E-state index in [-0.39, 0.29) is 0 Å². The van der Waals surface area contributed by atoms with Crippen LogP contribution in [-0.2, 0) is 0 Å². The normalized spacial score (nSPS) is 14.2. The van der Waals surface area contributed by atoms with Crippen LogP contribution >= 0.6 is 0 Å². The number of nitriles is 1. The minimum atomic E-state index is 0.528. The quantitative estimate of drug-likeness (QED) is 0.909. The Bertz CT molecular complexity index is 663. The number of ether oxygens (including phenoxy) is 1. The number of rotatable bonds is 3. The zero-order valence-electron chi connectivity index (χ0n) is 11.0. The van der Waals surface area contributed by atoms with Gasteiger partial charge in [-0.2, -0.15) is 10.4 Å². The first-order valence-electron chi connectivity index (χ1n) is 6.42. The monoisotopic (exact) mass is 253 g/mol. The number of benzene rings is 1. The Labute approximate surface area is 112 Å². The molecular formula is C15H15N3O. The van der Waals surface area contributed by atoms with Gasteiger partial charge in [0.2, 0.25) is 0 Å². The molecule has 1 heterocycles. The molecule has 3 rings (SSSR count). The van der Waals surface area contributed by atoms with Crippen molar-refractivity contribution in [1.82, 2.24) is 10.2 Å². The standard InChI is InChI=1S/C15H15N3O/c1-9-5-11(8-16)7-13(6-9)19-15-10(2)17-18-14(15)12-3-4-12/h5-7,12H,3-4H2,1-2H3,(H,17,18). The van der Waals surface area contributed by atoms with E-state index in [4.69, 9.17) is 10.00 Å². The van der Waals surface area contributed by atoms with E-state index in [0.717, 1.165) is 22.7 Å². The lowest BCUT2D eigenvalue weighted by Gasteiger charge is -2.08. The second kappa shape index (κ2) is 4.43. The average molecular weight is 253 g/mol.